The maximum absolute atomic E-state index is 12.3. The minimum absolute atomic E-state index is 0.0530. The highest BCUT2D eigenvalue weighted by molar-refractivity contribution is 5.97. The Hall–Kier alpha value is -2.37. The summed E-state index contributed by atoms with van der Waals surface area (Å²) < 4.78 is 4.83. The van der Waals surface area contributed by atoms with E-state index in [0.29, 0.717) is 25.1 Å². The molecule has 24 heavy (non-hydrogen) atoms. The molecule has 1 unspecified atom stereocenters. The summed E-state index contributed by atoms with van der Waals surface area (Å²) in [4.78, 5) is 35.7. The van der Waals surface area contributed by atoms with Crippen LogP contribution >= 0.6 is 0 Å². The van der Waals surface area contributed by atoms with Crippen LogP contribution in [0.5, 0.6) is 0 Å². The van der Waals surface area contributed by atoms with E-state index in [4.69, 9.17) is 4.74 Å². The first kappa shape index (κ1) is 19.7. The van der Waals surface area contributed by atoms with E-state index in [0.717, 1.165) is 0 Å². The van der Waals surface area contributed by atoms with Gasteiger partial charge in [0.15, 0.2) is 0 Å². The molecule has 2 N–H and O–H groups in total. The van der Waals surface area contributed by atoms with Crippen LogP contribution in [0, 0.1) is 5.92 Å². The summed E-state index contributed by atoms with van der Waals surface area (Å²) in [6.45, 7) is 6.21. The van der Waals surface area contributed by atoms with Crippen molar-refractivity contribution in [3.05, 3.63) is 35.9 Å². The molecule has 0 heterocycles. The largest absolute Gasteiger partial charge is 0.466 e. The van der Waals surface area contributed by atoms with Gasteiger partial charge in [0.2, 0.25) is 5.91 Å². The second-order valence-corrected chi connectivity index (χ2v) is 5.76. The van der Waals surface area contributed by atoms with Crippen molar-refractivity contribution in [1.29, 1.82) is 0 Å². The first-order valence-electron chi connectivity index (χ1n) is 8.25. The molecule has 6 heteroatoms. The Kier molecular flexibility index (Phi) is 8.54. The van der Waals surface area contributed by atoms with Crippen LogP contribution in [-0.4, -0.2) is 37.0 Å². The van der Waals surface area contributed by atoms with Crippen molar-refractivity contribution >= 4 is 17.8 Å². The molecule has 1 atom stereocenters. The molecule has 0 saturated carbocycles. The number of rotatable bonds is 9. The third-order valence-electron chi connectivity index (χ3n) is 3.43. The van der Waals surface area contributed by atoms with Crippen molar-refractivity contribution in [2.45, 2.75) is 39.7 Å². The van der Waals surface area contributed by atoms with E-state index in [2.05, 4.69) is 10.6 Å². The Balaban J connectivity index is 2.48. The number of carbonyl (C=O) groups is 3. The smallest absolute Gasteiger partial charge is 0.305 e. The van der Waals surface area contributed by atoms with Gasteiger partial charge < -0.3 is 15.4 Å². The fraction of sp³-hybridized carbons (Fsp3) is 0.500. The topological polar surface area (TPSA) is 84.5 Å². The van der Waals surface area contributed by atoms with Crippen LogP contribution in [0.4, 0.5) is 0 Å². The highest BCUT2D eigenvalue weighted by Crippen LogP contribution is 2.05. The molecule has 0 saturated heterocycles. The highest BCUT2D eigenvalue weighted by atomic mass is 16.5. The van der Waals surface area contributed by atoms with Crippen LogP contribution < -0.4 is 10.6 Å². The van der Waals surface area contributed by atoms with Crippen LogP contribution in [0.3, 0.4) is 0 Å². The van der Waals surface area contributed by atoms with Crippen LogP contribution in [0.2, 0.25) is 0 Å². The minimum atomic E-state index is -0.625. The fourth-order valence-corrected chi connectivity index (χ4v) is 2.14. The van der Waals surface area contributed by atoms with Gasteiger partial charge in [-0.2, -0.15) is 0 Å². The predicted octanol–water partition coefficient (Wildman–Crippen LogP) is 1.90. The number of hydrogen-bond acceptors (Lipinski definition) is 4. The maximum Gasteiger partial charge on any atom is 0.305 e. The SMILES string of the molecule is CCOC(=O)CCCNC(=O)C(NC(=O)c1ccccc1)C(C)C. The number of ether oxygens (including phenoxy) is 1. The lowest BCUT2D eigenvalue weighted by atomic mass is 10.0. The first-order chi connectivity index (χ1) is 11.5. The van der Waals surface area contributed by atoms with Gasteiger partial charge in [-0.1, -0.05) is 32.0 Å². The maximum atomic E-state index is 12.3. The molecule has 2 amide bonds. The Bertz CT molecular complexity index is 543. The Morgan fingerprint density at radius 3 is 2.38 bits per heavy atom. The Morgan fingerprint density at radius 1 is 1.12 bits per heavy atom. The van der Waals surface area contributed by atoms with Gasteiger partial charge in [0, 0.05) is 18.5 Å². The van der Waals surface area contributed by atoms with Gasteiger partial charge >= 0.3 is 5.97 Å². The molecule has 1 aromatic rings. The van der Waals surface area contributed by atoms with Gasteiger partial charge in [0.05, 0.1) is 6.61 Å². The second-order valence-electron chi connectivity index (χ2n) is 5.76. The van der Waals surface area contributed by atoms with Crippen molar-refractivity contribution in [3.63, 3.8) is 0 Å². The number of amides is 2. The Morgan fingerprint density at radius 2 is 1.79 bits per heavy atom. The highest BCUT2D eigenvalue weighted by Gasteiger charge is 2.24. The molecule has 0 aliphatic heterocycles. The standard InChI is InChI=1S/C18H26N2O4/c1-4-24-15(21)11-8-12-19-18(23)16(13(2)3)20-17(22)14-9-6-5-7-10-14/h5-7,9-10,13,16H,4,8,11-12H2,1-3H3,(H,19,23)(H,20,22). The zero-order valence-electron chi connectivity index (χ0n) is 14.5. The third kappa shape index (κ3) is 6.81. The third-order valence-corrected chi connectivity index (χ3v) is 3.43. The number of benzene rings is 1. The minimum Gasteiger partial charge on any atom is -0.466 e. The quantitative estimate of drug-likeness (QED) is 0.533. The summed E-state index contributed by atoms with van der Waals surface area (Å²) in [7, 11) is 0. The Labute approximate surface area is 143 Å². The van der Waals surface area contributed by atoms with Crippen LogP contribution in [-0.2, 0) is 14.3 Å². The summed E-state index contributed by atoms with van der Waals surface area (Å²) in [5.74, 6) is -0.860. The number of carbonyl (C=O) groups excluding carboxylic acids is 3. The van der Waals surface area contributed by atoms with Crippen molar-refractivity contribution < 1.29 is 19.1 Å². The molecule has 1 rings (SSSR count). The molecule has 0 aliphatic carbocycles. The van der Waals surface area contributed by atoms with Crippen LogP contribution in [0.1, 0.15) is 44.0 Å². The van der Waals surface area contributed by atoms with Crippen molar-refractivity contribution in [2.24, 2.45) is 5.92 Å². The zero-order chi connectivity index (χ0) is 17.9. The molecular formula is C18H26N2O4. The summed E-state index contributed by atoms with van der Waals surface area (Å²) in [5, 5.41) is 5.52. The van der Waals surface area contributed by atoms with Gasteiger partial charge in [-0.15, -0.1) is 0 Å². The zero-order valence-corrected chi connectivity index (χ0v) is 14.5. The van der Waals surface area contributed by atoms with E-state index >= 15 is 0 Å². The van der Waals surface area contributed by atoms with Gasteiger partial charge in [-0.3, -0.25) is 14.4 Å². The molecule has 0 spiro atoms. The first-order valence-corrected chi connectivity index (χ1v) is 8.25. The normalized spacial score (nSPS) is 11.7. The van der Waals surface area contributed by atoms with E-state index in [1.165, 1.54) is 0 Å². The van der Waals surface area contributed by atoms with E-state index in [9.17, 15) is 14.4 Å². The van der Waals surface area contributed by atoms with Crippen molar-refractivity contribution in [3.8, 4) is 0 Å². The molecule has 0 fully saturated rings. The molecule has 132 valence electrons. The summed E-state index contributed by atoms with van der Waals surface area (Å²) in [6.07, 6.45) is 0.763. The monoisotopic (exact) mass is 334 g/mol. The van der Waals surface area contributed by atoms with E-state index in [-0.39, 0.29) is 30.1 Å². The van der Waals surface area contributed by atoms with Crippen LogP contribution in [0.15, 0.2) is 30.3 Å². The van der Waals surface area contributed by atoms with Crippen molar-refractivity contribution in [2.75, 3.05) is 13.2 Å². The molecule has 0 radical (unpaired) electrons. The second kappa shape index (κ2) is 10.4. The summed E-state index contributed by atoms with van der Waals surface area (Å²) in [6, 6.07) is 8.14. The van der Waals surface area contributed by atoms with Gasteiger partial charge in [0.1, 0.15) is 6.04 Å². The molecule has 6 nitrogen and oxygen atoms in total. The number of nitrogens with one attached hydrogen (secondary N) is 2. The van der Waals surface area contributed by atoms with E-state index < -0.39 is 6.04 Å². The molecular weight excluding hydrogens is 308 g/mol. The van der Waals surface area contributed by atoms with Crippen LogP contribution in [0.25, 0.3) is 0 Å². The summed E-state index contributed by atoms with van der Waals surface area (Å²) in [5.41, 5.74) is 0.512. The average Bonchev–Trinajstić information content (AvgIpc) is 2.57. The fourth-order valence-electron chi connectivity index (χ4n) is 2.14. The summed E-state index contributed by atoms with van der Waals surface area (Å²) >= 11 is 0. The van der Waals surface area contributed by atoms with E-state index in [1.807, 2.05) is 19.9 Å². The molecule has 1 aromatic carbocycles. The lowest BCUT2D eigenvalue weighted by Crippen LogP contribution is -2.49. The molecule has 0 aliphatic rings. The lowest BCUT2D eigenvalue weighted by Gasteiger charge is -2.21. The van der Waals surface area contributed by atoms with Gasteiger partial charge in [0.25, 0.3) is 5.91 Å². The average molecular weight is 334 g/mol. The lowest BCUT2D eigenvalue weighted by molar-refractivity contribution is -0.143. The van der Waals surface area contributed by atoms with Gasteiger partial charge in [-0.05, 0) is 31.4 Å². The predicted molar refractivity (Wildman–Crippen MR) is 91.4 cm³/mol. The van der Waals surface area contributed by atoms with E-state index in [1.54, 1.807) is 31.2 Å². The molecule has 0 bridgehead atoms. The van der Waals surface area contributed by atoms with Gasteiger partial charge in [-0.25, -0.2) is 0 Å². The van der Waals surface area contributed by atoms with Crippen molar-refractivity contribution in [1.82, 2.24) is 10.6 Å². The number of hydrogen-bond donors (Lipinski definition) is 2. The number of esters is 1. The molecule has 0 aromatic heterocycles.